The molecule has 2 aliphatic heterocycles. The van der Waals surface area contributed by atoms with Crippen LogP contribution in [0.25, 0.3) is 0 Å². The molecule has 2 saturated heterocycles. The molecule has 2 unspecified atom stereocenters. The average molecular weight is 115 g/mol. The number of hydrogen-bond acceptors (Lipinski definition) is 2. The van der Waals surface area contributed by atoms with Gasteiger partial charge in [-0.2, -0.15) is 0 Å². The van der Waals surface area contributed by atoms with Crippen molar-refractivity contribution in [1.82, 2.24) is 5.32 Å². The fraction of sp³-hybridized carbons (Fsp3) is 1.00. The molecule has 2 fully saturated rings. The van der Waals surface area contributed by atoms with Crippen molar-refractivity contribution in [3.8, 4) is 0 Å². The Labute approximate surface area is 47.9 Å². The second kappa shape index (κ2) is 1.39. The van der Waals surface area contributed by atoms with E-state index in [0.29, 0.717) is 0 Å². The van der Waals surface area contributed by atoms with Crippen LogP contribution in [0, 0.1) is 0 Å². The first-order valence-electron chi connectivity index (χ1n) is 2.83. The van der Waals surface area contributed by atoms with E-state index in [4.69, 9.17) is 0 Å². The summed E-state index contributed by atoms with van der Waals surface area (Å²) in [6.45, 7) is 0. The molecule has 2 heterocycles. The Kier molecular flexibility index (Phi) is 0.837. The molecule has 2 rings (SSSR count). The Bertz CT molecular complexity index is 66.1. The van der Waals surface area contributed by atoms with Crippen molar-refractivity contribution in [2.45, 2.75) is 24.3 Å². The van der Waals surface area contributed by atoms with Gasteiger partial charge in [-0.25, -0.2) is 0 Å². The summed E-state index contributed by atoms with van der Waals surface area (Å²) in [5, 5.41) is 4.33. The molecule has 2 atom stereocenters. The zero-order chi connectivity index (χ0) is 4.69. The monoisotopic (exact) mass is 115 g/mol. The van der Waals surface area contributed by atoms with Crippen molar-refractivity contribution >= 4 is 11.8 Å². The maximum Gasteiger partial charge on any atom is 0.0535 e. The highest BCUT2D eigenvalue weighted by Gasteiger charge is 2.30. The van der Waals surface area contributed by atoms with Crippen molar-refractivity contribution in [2.24, 2.45) is 0 Å². The van der Waals surface area contributed by atoms with E-state index >= 15 is 0 Å². The highest BCUT2D eigenvalue weighted by atomic mass is 32.2. The van der Waals surface area contributed by atoms with E-state index in [9.17, 15) is 0 Å². The lowest BCUT2D eigenvalue weighted by molar-refractivity contribution is 0.687. The molecule has 0 aromatic rings. The highest BCUT2D eigenvalue weighted by molar-refractivity contribution is 8.00. The zero-order valence-corrected chi connectivity index (χ0v) is 5.00. The van der Waals surface area contributed by atoms with Crippen molar-refractivity contribution in [3.05, 3.63) is 0 Å². The number of nitrogens with one attached hydrogen (secondary N) is 1. The molecule has 2 bridgehead atoms. The van der Waals surface area contributed by atoms with Crippen molar-refractivity contribution < 1.29 is 0 Å². The number of hydrogen-bond donors (Lipinski definition) is 1. The van der Waals surface area contributed by atoms with Gasteiger partial charge in [0.15, 0.2) is 0 Å². The van der Waals surface area contributed by atoms with Gasteiger partial charge in [0.05, 0.1) is 5.37 Å². The lowest BCUT2D eigenvalue weighted by Gasteiger charge is -2.02. The summed E-state index contributed by atoms with van der Waals surface area (Å²) in [4.78, 5) is 0. The van der Waals surface area contributed by atoms with Crippen LogP contribution in [0.1, 0.15) is 12.8 Å². The standard InChI is InChI=1S/C5H9NS/c1-2-5-6-4(1)3-7-5/h4-6H,1-3H2. The SMILES string of the molecule is C1CC2NC1CS2. The van der Waals surface area contributed by atoms with E-state index in [1.165, 1.54) is 18.6 Å². The molecule has 2 heteroatoms. The van der Waals surface area contributed by atoms with E-state index in [0.717, 1.165) is 11.4 Å². The summed E-state index contributed by atoms with van der Waals surface area (Å²) in [5.74, 6) is 1.37. The van der Waals surface area contributed by atoms with Crippen molar-refractivity contribution in [2.75, 3.05) is 5.75 Å². The van der Waals surface area contributed by atoms with Gasteiger partial charge in [0.25, 0.3) is 0 Å². The smallest absolute Gasteiger partial charge is 0.0535 e. The molecule has 40 valence electrons. The van der Waals surface area contributed by atoms with Crippen LogP contribution in [0.5, 0.6) is 0 Å². The molecule has 0 radical (unpaired) electrons. The van der Waals surface area contributed by atoms with Crippen LogP contribution in [0.2, 0.25) is 0 Å². The zero-order valence-electron chi connectivity index (χ0n) is 4.18. The molecule has 0 spiro atoms. The van der Waals surface area contributed by atoms with Gasteiger partial charge < -0.3 is 5.32 Å². The van der Waals surface area contributed by atoms with Crippen molar-refractivity contribution in [1.29, 1.82) is 0 Å². The molecule has 0 aromatic heterocycles. The van der Waals surface area contributed by atoms with Gasteiger partial charge in [-0.3, -0.25) is 0 Å². The lowest BCUT2D eigenvalue weighted by atomic mass is 10.2. The van der Waals surface area contributed by atoms with Crippen LogP contribution in [-0.4, -0.2) is 17.2 Å². The minimum Gasteiger partial charge on any atom is -0.302 e. The van der Waals surface area contributed by atoms with Crippen molar-refractivity contribution in [3.63, 3.8) is 0 Å². The first-order chi connectivity index (χ1) is 3.45. The summed E-state index contributed by atoms with van der Waals surface area (Å²) < 4.78 is 0. The highest BCUT2D eigenvalue weighted by Crippen LogP contribution is 2.31. The number of fused-ring (bicyclic) bond motifs is 2. The minimum absolute atomic E-state index is 0.838. The molecular formula is C5H9NS. The Morgan fingerprint density at radius 3 is 2.57 bits per heavy atom. The normalized spacial score (nSPS) is 48.0. The van der Waals surface area contributed by atoms with E-state index in [1.54, 1.807) is 0 Å². The largest absolute Gasteiger partial charge is 0.302 e. The topological polar surface area (TPSA) is 12.0 Å². The second-order valence-electron chi connectivity index (χ2n) is 2.26. The molecule has 1 nitrogen and oxygen atoms in total. The van der Waals surface area contributed by atoms with Gasteiger partial charge in [0, 0.05) is 11.8 Å². The fourth-order valence-electron chi connectivity index (χ4n) is 1.28. The molecular weight excluding hydrogens is 106 g/mol. The van der Waals surface area contributed by atoms with Crippen LogP contribution in [-0.2, 0) is 0 Å². The predicted molar refractivity (Wildman–Crippen MR) is 32.4 cm³/mol. The number of thioether (sulfide) groups is 1. The van der Waals surface area contributed by atoms with E-state index in [1.807, 2.05) is 0 Å². The van der Waals surface area contributed by atoms with Gasteiger partial charge in [-0.1, -0.05) is 0 Å². The van der Waals surface area contributed by atoms with Gasteiger partial charge in [-0.15, -0.1) is 11.8 Å². The molecule has 0 amide bonds. The maximum atomic E-state index is 3.49. The Balaban J connectivity index is 2.12. The van der Waals surface area contributed by atoms with Gasteiger partial charge in [-0.05, 0) is 12.8 Å². The van der Waals surface area contributed by atoms with Crippen LogP contribution < -0.4 is 5.32 Å². The van der Waals surface area contributed by atoms with Gasteiger partial charge in [0.2, 0.25) is 0 Å². The quantitative estimate of drug-likeness (QED) is 0.501. The first-order valence-corrected chi connectivity index (χ1v) is 3.88. The summed E-state index contributed by atoms with van der Waals surface area (Å²) in [7, 11) is 0. The third-order valence-electron chi connectivity index (χ3n) is 1.70. The first kappa shape index (κ1) is 4.21. The summed E-state index contributed by atoms with van der Waals surface area (Å²) in [6.07, 6.45) is 2.84. The molecule has 7 heavy (non-hydrogen) atoms. The van der Waals surface area contributed by atoms with E-state index < -0.39 is 0 Å². The third kappa shape index (κ3) is 0.572. The van der Waals surface area contributed by atoms with E-state index in [2.05, 4.69) is 17.1 Å². The average Bonchev–Trinajstić information content (AvgIpc) is 2.22. The second-order valence-corrected chi connectivity index (χ2v) is 3.50. The predicted octanol–water partition coefficient (Wildman–Crippen LogP) is 0.811. The van der Waals surface area contributed by atoms with Crippen LogP contribution in [0.15, 0.2) is 0 Å². The Morgan fingerprint density at radius 1 is 1.43 bits per heavy atom. The molecule has 1 N–H and O–H groups in total. The van der Waals surface area contributed by atoms with Crippen LogP contribution in [0.3, 0.4) is 0 Å². The molecule has 0 aromatic carbocycles. The molecule has 0 aliphatic carbocycles. The minimum atomic E-state index is 0.838. The summed E-state index contributed by atoms with van der Waals surface area (Å²) >= 11 is 2.08. The molecule has 2 aliphatic rings. The van der Waals surface area contributed by atoms with Gasteiger partial charge in [0.1, 0.15) is 0 Å². The Morgan fingerprint density at radius 2 is 2.43 bits per heavy atom. The summed E-state index contributed by atoms with van der Waals surface area (Å²) in [5.41, 5.74) is 0. The lowest BCUT2D eigenvalue weighted by Crippen LogP contribution is -2.18. The fourth-order valence-corrected chi connectivity index (χ4v) is 2.60. The van der Waals surface area contributed by atoms with E-state index in [-0.39, 0.29) is 0 Å². The van der Waals surface area contributed by atoms with Crippen LogP contribution >= 0.6 is 11.8 Å². The Hall–Kier alpha value is 0.310. The summed E-state index contributed by atoms with van der Waals surface area (Å²) in [6, 6.07) is 0.884. The van der Waals surface area contributed by atoms with Crippen LogP contribution in [0.4, 0.5) is 0 Å². The third-order valence-corrected chi connectivity index (χ3v) is 3.07. The number of rotatable bonds is 0. The molecule has 0 saturated carbocycles. The van der Waals surface area contributed by atoms with Gasteiger partial charge >= 0.3 is 0 Å². The maximum absolute atomic E-state index is 3.49.